The molecule has 2 aliphatic rings. The van der Waals surface area contributed by atoms with Gasteiger partial charge in [0.1, 0.15) is 5.75 Å². The molecule has 0 bridgehead atoms. The number of hydrogen-bond acceptors (Lipinski definition) is 3. The second kappa shape index (κ2) is 8.32. The van der Waals surface area contributed by atoms with Gasteiger partial charge < -0.3 is 14.8 Å². The van der Waals surface area contributed by atoms with Crippen LogP contribution in [0.5, 0.6) is 5.75 Å². The van der Waals surface area contributed by atoms with Gasteiger partial charge >= 0.3 is 0 Å². The standard InChI is InChI=1S/C22H23Cl2NO3/c23-17-5-6-18(19(24)12-17)22(7-9-27-10-8-22)21(26)25-13-15-11-16-3-1-2-4-20(16)28-14-15/h1-6,12,15H,7-11,13-14H2,(H,25,26). The van der Waals surface area contributed by atoms with Gasteiger partial charge in [-0.3, -0.25) is 4.79 Å². The Labute approximate surface area is 175 Å². The summed E-state index contributed by atoms with van der Waals surface area (Å²) in [6.45, 7) is 2.24. The minimum atomic E-state index is -0.687. The smallest absolute Gasteiger partial charge is 0.230 e. The lowest BCUT2D eigenvalue weighted by atomic mass is 9.73. The normalized spacial score (nSPS) is 20.7. The Hall–Kier alpha value is -1.75. The van der Waals surface area contributed by atoms with E-state index >= 15 is 0 Å². The van der Waals surface area contributed by atoms with Crippen molar-refractivity contribution in [1.82, 2.24) is 5.32 Å². The number of nitrogens with one attached hydrogen (secondary N) is 1. The quantitative estimate of drug-likeness (QED) is 0.797. The molecule has 2 aromatic rings. The second-order valence-corrected chi connectivity index (χ2v) is 8.36. The number of para-hydroxylation sites is 1. The van der Waals surface area contributed by atoms with E-state index in [-0.39, 0.29) is 11.8 Å². The maximum Gasteiger partial charge on any atom is 0.230 e. The van der Waals surface area contributed by atoms with Crippen LogP contribution in [0.2, 0.25) is 10.0 Å². The molecule has 0 aliphatic carbocycles. The van der Waals surface area contributed by atoms with Crippen LogP contribution in [0.25, 0.3) is 0 Å². The molecule has 148 valence electrons. The molecule has 0 radical (unpaired) electrons. The topological polar surface area (TPSA) is 47.6 Å². The largest absolute Gasteiger partial charge is 0.493 e. The number of carbonyl (C=O) groups excluding carboxylic acids is 1. The summed E-state index contributed by atoms with van der Waals surface area (Å²) in [5, 5.41) is 4.26. The molecule has 28 heavy (non-hydrogen) atoms. The summed E-state index contributed by atoms with van der Waals surface area (Å²) < 4.78 is 11.4. The summed E-state index contributed by atoms with van der Waals surface area (Å²) in [6.07, 6.45) is 2.10. The Morgan fingerprint density at radius 1 is 1.14 bits per heavy atom. The van der Waals surface area contributed by atoms with Crippen molar-refractivity contribution < 1.29 is 14.3 Å². The van der Waals surface area contributed by atoms with E-state index in [0.717, 1.165) is 17.7 Å². The third-order valence-electron chi connectivity index (χ3n) is 5.73. The Morgan fingerprint density at radius 2 is 1.93 bits per heavy atom. The highest BCUT2D eigenvalue weighted by Gasteiger charge is 2.43. The van der Waals surface area contributed by atoms with Crippen LogP contribution >= 0.6 is 23.2 Å². The predicted molar refractivity (Wildman–Crippen MR) is 110 cm³/mol. The summed E-state index contributed by atoms with van der Waals surface area (Å²) in [5.74, 6) is 1.19. The van der Waals surface area contributed by atoms with Crippen molar-refractivity contribution >= 4 is 29.1 Å². The Balaban J connectivity index is 1.49. The fraction of sp³-hybridized carbons (Fsp3) is 0.409. The average molecular weight is 420 g/mol. The van der Waals surface area contributed by atoms with Gasteiger partial charge in [0.05, 0.1) is 12.0 Å². The van der Waals surface area contributed by atoms with Crippen LogP contribution in [0.4, 0.5) is 0 Å². The van der Waals surface area contributed by atoms with Gasteiger partial charge in [0.15, 0.2) is 0 Å². The molecule has 2 aliphatic heterocycles. The van der Waals surface area contributed by atoms with E-state index < -0.39 is 5.41 Å². The van der Waals surface area contributed by atoms with Crippen LogP contribution in [0.1, 0.15) is 24.0 Å². The van der Waals surface area contributed by atoms with Crippen LogP contribution in [0.15, 0.2) is 42.5 Å². The Morgan fingerprint density at radius 3 is 2.71 bits per heavy atom. The Kier molecular flexibility index (Phi) is 5.81. The predicted octanol–water partition coefficient (Wildman–Crippen LogP) is 4.41. The molecule has 2 aromatic carbocycles. The molecule has 1 saturated heterocycles. The number of rotatable bonds is 4. The molecule has 1 N–H and O–H groups in total. The summed E-state index contributed by atoms with van der Waals surface area (Å²) >= 11 is 12.5. The van der Waals surface area contributed by atoms with Gasteiger partial charge in [0, 0.05) is 35.7 Å². The third-order valence-corrected chi connectivity index (χ3v) is 6.28. The van der Waals surface area contributed by atoms with Crippen molar-refractivity contribution in [2.45, 2.75) is 24.7 Å². The van der Waals surface area contributed by atoms with E-state index in [2.05, 4.69) is 11.4 Å². The summed E-state index contributed by atoms with van der Waals surface area (Å²) in [7, 11) is 0. The fourth-order valence-corrected chi connectivity index (χ4v) is 4.73. The fourth-order valence-electron chi connectivity index (χ4n) is 4.14. The van der Waals surface area contributed by atoms with Crippen molar-refractivity contribution in [2.24, 2.45) is 5.92 Å². The number of amides is 1. The van der Waals surface area contributed by atoms with Gasteiger partial charge in [-0.25, -0.2) is 0 Å². The van der Waals surface area contributed by atoms with Gasteiger partial charge in [0.25, 0.3) is 0 Å². The van der Waals surface area contributed by atoms with Gasteiger partial charge in [-0.15, -0.1) is 0 Å². The molecule has 1 fully saturated rings. The first kappa shape index (κ1) is 19.6. The molecular weight excluding hydrogens is 397 g/mol. The maximum atomic E-state index is 13.3. The number of ether oxygens (including phenoxy) is 2. The first-order chi connectivity index (χ1) is 13.6. The zero-order valence-corrected chi connectivity index (χ0v) is 17.1. The molecule has 4 nitrogen and oxygen atoms in total. The SMILES string of the molecule is O=C(NCC1COc2ccccc2C1)C1(c2ccc(Cl)cc2Cl)CCOCC1. The number of carbonyl (C=O) groups is 1. The summed E-state index contributed by atoms with van der Waals surface area (Å²) in [5.41, 5.74) is 1.33. The lowest BCUT2D eigenvalue weighted by Crippen LogP contribution is -2.49. The first-order valence-corrected chi connectivity index (χ1v) is 10.4. The number of hydrogen-bond donors (Lipinski definition) is 1. The molecule has 0 spiro atoms. The van der Waals surface area contributed by atoms with Crippen molar-refractivity contribution in [1.29, 1.82) is 0 Å². The molecule has 6 heteroatoms. The lowest BCUT2D eigenvalue weighted by molar-refractivity contribution is -0.130. The minimum Gasteiger partial charge on any atom is -0.493 e. The summed E-state index contributed by atoms with van der Waals surface area (Å²) in [4.78, 5) is 13.3. The number of halogens is 2. The molecule has 1 atom stereocenters. The lowest BCUT2D eigenvalue weighted by Gasteiger charge is -2.37. The van der Waals surface area contributed by atoms with Crippen molar-refractivity contribution in [3.63, 3.8) is 0 Å². The zero-order chi connectivity index (χ0) is 19.6. The zero-order valence-electron chi connectivity index (χ0n) is 15.5. The van der Waals surface area contributed by atoms with Gasteiger partial charge in [-0.2, -0.15) is 0 Å². The first-order valence-electron chi connectivity index (χ1n) is 9.61. The van der Waals surface area contributed by atoms with E-state index in [4.69, 9.17) is 32.7 Å². The van der Waals surface area contributed by atoms with E-state index in [1.165, 1.54) is 5.56 Å². The summed E-state index contributed by atoms with van der Waals surface area (Å²) in [6, 6.07) is 13.4. The van der Waals surface area contributed by atoms with Crippen LogP contribution < -0.4 is 10.1 Å². The monoisotopic (exact) mass is 419 g/mol. The van der Waals surface area contributed by atoms with Crippen LogP contribution in [-0.2, 0) is 21.4 Å². The molecule has 2 heterocycles. The molecular formula is C22H23Cl2NO3. The van der Waals surface area contributed by atoms with Gasteiger partial charge in [-0.1, -0.05) is 47.5 Å². The average Bonchev–Trinajstić information content (AvgIpc) is 2.72. The highest BCUT2D eigenvalue weighted by atomic mass is 35.5. The molecule has 0 saturated carbocycles. The highest BCUT2D eigenvalue weighted by molar-refractivity contribution is 6.35. The third kappa shape index (κ3) is 3.86. The van der Waals surface area contributed by atoms with E-state index in [9.17, 15) is 4.79 Å². The Bertz CT molecular complexity index is 865. The highest BCUT2D eigenvalue weighted by Crippen LogP contribution is 2.40. The number of benzene rings is 2. The van der Waals surface area contributed by atoms with Crippen LogP contribution in [0, 0.1) is 5.92 Å². The molecule has 1 amide bonds. The number of fused-ring (bicyclic) bond motifs is 1. The van der Waals surface area contributed by atoms with Crippen molar-refractivity contribution in [3.05, 3.63) is 63.6 Å². The molecule has 4 rings (SSSR count). The second-order valence-electron chi connectivity index (χ2n) is 7.52. The minimum absolute atomic E-state index is 0.00104. The van der Waals surface area contributed by atoms with E-state index in [1.807, 2.05) is 24.3 Å². The van der Waals surface area contributed by atoms with E-state index in [0.29, 0.717) is 49.3 Å². The van der Waals surface area contributed by atoms with Crippen molar-refractivity contribution in [3.8, 4) is 5.75 Å². The molecule has 1 unspecified atom stereocenters. The van der Waals surface area contributed by atoms with Crippen molar-refractivity contribution in [2.75, 3.05) is 26.4 Å². The van der Waals surface area contributed by atoms with Crippen LogP contribution in [-0.4, -0.2) is 32.3 Å². The molecule has 0 aromatic heterocycles. The maximum absolute atomic E-state index is 13.3. The van der Waals surface area contributed by atoms with E-state index in [1.54, 1.807) is 12.1 Å². The van der Waals surface area contributed by atoms with Gasteiger partial charge in [-0.05, 0) is 48.6 Å². The van der Waals surface area contributed by atoms with Crippen LogP contribution in [0.3, 0.4) is 0 Å². The van der Waals surface area contributed by atoms with Gasteiger partial charge in [0.2, 0.25) is 5.91 Å².